The van der Waals surface area contributed by atoms with Crippen LogP contribution in [-0.2, 0) is 11.3 Å². The predicted molar refractivity (Wildman–Crippen MR) is 99.7 cm³/mol. The Hall–Kier alpha value is -2.49. The highest BCUT2D eigenvalue weighted by atomic mass is 79.9. The van der Waals surface area contributed by atoms with Crippen molar-refractivity contribution in [2.45, 2.75) is 32.9 Å². The first-order chi connectivity index (χ1) is 12.6. The van der Waals surface area contributed by atoms with Crippen LogP contribution in [0.5, 0.6) is 0 Å². The largest absolute Gasteiger partial charge is 0.444 e. The van der Waals surface area contributed by atoms with Gasteiger partial charge in [-0.05, 0) is 36.7 Å². The van der Waals surface area contributed by atoms with Gasteiger partial charge in [0.05, 0.1) is 32.6 Å². The van der Waals surface area contributed by atoms with Crippen LogP contribution in [0.2, 0.25) is 0 Å². The van der Waals surface area contributed by atoms with E-state index in [0.717, 1.165) is 6.07 Å². The smallest absolute Gasteiger partial charge is 0.407 e. The third-order valence-corrected chi connectivity index (χ3v) is 4.45. The number of pyridine rings is 1. The summed E-state index contributed by atoms with van der Waals surface area (Å²) in [5.41, 5.74) is -0.515. The first-order valence-corrected chi connectivity index (χ1v) is 8.89. The van der Waals surface area contributed by atoms with Crippen LogP contribution in [0.25, 0.3) is 21.9 Å². The molecule has 0 spiro atoms. The minimum absolute atomic E-state index is 0.0105. The molecule has 7 nitrogen and oxygen atoms in total. The van der Waals surface area contributed by atoms with Gasteiger partial charge < -0.3 is 15.0 Å². The molecule has 0 aliphatic rings. The van der Waals surface area contributed by atoms with E-state index in [2.05, 4.69) is 31.2 Å². The lowest BCUT2D eigenvalue weighted by Gasteiger charge is -2.19. The van der Waals surface area contributed by atoms with E-state index in [4.69, 9.17) is 4.74 Å². The molecule has 0 atom stereocenters. The van der Waals surface area contributed by atoms with E-state index < -0.39 is 29.0 Å². The molecule has 27 heavy (non-hydrogen) atoms. The summed E-state index contributed by atoms with van der Waals surface area (Å²) < 4.78 is 34.5. The van der Waals surface area contributed by atoms with Crippen LogP contribution in [0.15, 0.2) is 21.5 Å². The maximum atomic E-state index is 14.7. The molecule has 144 valence electrons. The zero-order valence-electron chi connectivity index (χ0n) is 14.8. The highest BCUT2D eigenvalue weighted by Gasteiger charge is 2.20. The summed E-state index contributed by atoms with van der Waals surface area (Å²) in [6, 6.07) is 1.09. The molecule has 3 aromatic rings. The van der Waals surface area contributed by atoms with Gasteiger partial charge in [-0.25, -0.2) is 18.4 Å². The predicted octanol–water partition coefficient (Wildman–Crippen LogP) is 3.44. The lowest BCUT2D eigenvalue weighted by atomic mass is 10.1. The Morgan fingerprint density at radius 2 is 2.11 bits per heavy atom. The Morgan fingerprint density at radius 3 is 2.78 bits per heavy atom. The number of carbonyl (C=O) groups is 1. The summed E-state index contributed by atoms with van der Waals surface area (Å²) in [5.74, 6) is -1.64. The molecule has 2 aromatic heterocycles. The van der Waals surface area contributed by atoms with E-state index in [1.807, 2.05) is 0 Å². The molecule has 0 bridgehead atoms. The Labute approximate surface area is 160 Å². The van der Waals surface area contributed by atoms with Crippen LogP contribution in [0.3, 0.4) is 0 Å². The number of rotatable bonds is 3. The van der Waals surface area contributed by atoms with Crippen molar-refractivity contribution in [1.29, 1.82) is 0 Å². The lowest BCUT2D eigenvalue weighted by molar-refractivity contribution is 0.0526. The van der Waals surface area contributed by atoms with Gasteiger partial charge in [0.2, 0.25) is 0 Å². The monoisotopic (exact) mass is 442 g/mol. The number of amides is 1. The van der Waals surface area contributed by atoms with Crippen LogP contribution in [0, 0.1) is 11.6 Å². The van der Waals surface area contributed by atoms with Crippen molar-refractivity contribution in [3.8, 4) is 0 Å². The number of nitrogens with one attached hydrogen (secondary N) is 2. The fraction of sp³-hybridized carbons (Fsp3) is 0.353. The highest BCUT2D eigenvalue weighted by molar-refractivity contribution is 9.10. The number of nitrogens with zero attached hydrogens (tertiary/aromatic N) is 2. The Balaban J connectivity index is 1.98. The first kappa shape index (κ1) is 19.3. The average molecular weight is 443 g/mol. The summed E-state index contributed by atoms with van der Waals surface area (Å²) in [4.78, 5) is 30.6. The van der Waals surface area contributed by atoms with Crippen LogP contribution < -0.4 is 11.0 Å². The van der Waals surface area contributed by atoms with Gasteiger partial charge in [0.25, 0.3) is 0 Å². The molecule has 0 fully saturated rings. The minimum atomic E-state index is -0.851. The van der Waals surface area contributed by atoms with Gasteiger partial charge in [0, 0.05) is 19.2 Å². The number of hydrogen-bond acceptors (Lipinski definition) is 4. The van der Waals surface area contributed by atoms with Crippen molar-refractivity contribution >= 4 is 44.0 Å². The number of benzene rings is 1. The highest BCUT2D eigenvalue weighted by Crippen LogP contribution is 2.31. The number of aromatic nitrogens is 3. The quantitative estimate of drug-likeness (QED) is 0.607. The molecule has 0 aliphatic carbocycles. The number of fused-ring (bicyclic) bond motifs is 3. The molecule has 0 radical (unpaired) electrons. The Kier molecular flexibility index (Phi) is 4.94. The summed E-state index contributed by atoms with van der Waals surface area (Å²) in [6.45, 7) is 5.34. The number of hydrogen-bond donors (Lipinski definition) is 2. The average Bonchev–Trinajstić information content (AvgIpc) is 2.86. The molecule has 0 saturated carbocycles. The van der Waals surface area contributed by atoms with Crippen molar-refractivity contribution in [2.75, 3.05) is 6.54 Å². The molecule has 0 saturated heterocycles. The van der Waals surface area contributed by atoms with Crippen LogP contribution in [0.1, 0.15) is 20.8 Å². The molecule has 0 aliphatic heterocycles. The number of carbonyl (C=O) groups excluding carboxylic acids is 1. The molecule has 2 heterocycles. The van der Waals surface area contributed by atoms with Crippen molar-refractivity contribution in [3.05, 3.63) is 38.9 Å². The van der Waals surface area contributed by atoms with Gasteiger partial charge in [-0.2, -0.15) is 0 Å². The first-order valence-electron chi connectivity index (χ1n) is 8.10. The second kappa shape index (κ2) is 6.91. The van der Waals surface area contributed by atoms with Crippen LogP contribution in [-0.4, -0.2) is 32.8 Å². The van der Waals surface area contributed by atoms with E-state index in [-0.39, 0.29) is 34.0 Å². The van der Waals surface area contributed by atoms with Crippen molar-refractivity contribution in [1.82, 2.24) is 19.9 Å². The number of halogens is 3. The van der Waals surface area contributed by atoms with Crippen LogP contribution in [0.4, 0.5) is 13.6 Å². The molecule has 10 heteroatoms. The molecule has 3 rings (SSSR count). The number of imidazole rings is 1. The van der Waals surface area contributed by atoms with E-state index >= 15 is 0 Å². The van der Waals surface area contributed by atoms with Crippen molar-refractivity contribution in [2.24, 2.45) is 0 Å². The summed E-state index contributed by atoms with van der Waals surface area (Å²) in [7, 11) is 0. The number of alkyl carbamates (subject to hydrolysis) is 1. The van der Waals surface area contributed by atoms with Crippen molar-refractivity contribution in [3.63, 3.8) is 0 Å². The second-order valence-corrected chi connectivity index (χ2v) is 7.70. The van der Waals surface area contributed by atoms with E-state index in [9.17, 15) is 18.4 Å². The zero-order valence-corrected chi connectivity index (χ0v) is 16.4. The Bertz CT molecular complexity index is 1100. The van der Waals surface area contributed by atoms with Gasteiger partial charge in [-0.3, -0.25) is 9.55 Å². The molecule has 2 N–H and O–H groups in total. The molecule has 0 unspecified atom stereocenters. The van der Waals surface area contributed by atoms with E-state index in [1.54, 1.807) is 20.8 Å². The van der Waals surface area contributed by atoms with Gasteiger partial charge in [0.15, 0.2) is 5.82 Å². The third kappa shape index (κ3) is 3.80. The summed E-state index contributed by atoms with van der Waals surface area (Å²) in [5, 5.41) is 2.55. The van der Waals surface area contributed by atoms with Crippen LogP contribution >= 0.6 is 15.9 Å². The molecule has 1 aromatic carbocycles. The third-order valence-electron chi connectivity index (χ3n) is 3.73. The maximum Gasteiger partial charge on any atom is 0.407 e. The fourth-order valence-corrected chi connectivity index (χ4v) is 3.01. The lowest BCUT2D eigenvalue weighted by Crippen LogP contribution is -2.35. The summed E-state index contributed by atoms with van der Waals surface area (Å²) in [6.07, 6.45) is 0.710. The molecule has 1 amide bonds. The SMILES string of the molecule is CC(C)(C)OC(=O)NCCn1c(=O)[nH]c2cnc3cc(F)c(Br)c(F)c3c21. The zero-order chi connectivity index (χ0) is 19.9. The number of H-pyrrole nitrogens is 1. The van der Waals surface area contributed by atoms with Gasteiger partial charge in [-0.15, -0.1) is 0 Å². The van der Waals surface area contributed by atoms with Gasteiger partial charge in [-0.1, -0.05) is 0 Å². The summed E-state index contributed by atoms with van der Waals surface area (Å²) >= 11 is 2.87. The normalized spacial score (nSPS) is 11.9. The molecular formula is C17H17BrF2N4O3. The number of aromatic amines is 1. The van der Waals surface area contributed by atoms with Gasteiger partial charge in [0.1, 0.15) is 11.4 Å². The van der Waals surface area contributed by atoms with E-state index in [1.165, 1.54) is 10.8 Å². The van der Waals surface area contributed by atoms with E-state index in [0.29, 0.717) is 5.52 Å². The standard InChI is InChI=1S/C17H17BrF2N4O3/c1-17(2,3)27-16(26)21-4-5-24-14-10(23-15(24)25)7-22-9-6-8(19)12(18)13(20)11(9)14/h6-7H,4-5H2,1-3H3,(H,21,26)(H,23,25). The van der Waals surface area contributed by atoms with Crippen molar-refractivity contribution < 1.29 is 18.3 Å². The minimum Gasteiger partial charge on any atom is -0.444 e. The topological polar surface area (TPSA) is 89.0 Å². The second-order valence-electron chi connectivity index (χ2n) is 6.91. The van der Waals surface area contributed by atoms with Gasteiger partial charge >= 0.3 is 11.8 Å². The number of ether oxygens (including phenoxy) is 1. The maximum absolute atomic E-state index is 14.7. The molecular weight excluding hydrogens is 426 g/mol. The fourth-order valence-electron chi connectivity index (χ4n) is 2.69. The Morgan fingerprint density at radius 1 is 1.41 bits per heavy atom.